The van der Waals surface area contributed by atoms with Gasteiger partial charge in [-0.3, -0.25) is 9.59 Å². The minimum atomic E-state index is -4.67. The monoisotopic (exact) mass is 1030 g/mol. The molecule has 0 fully saturated rings. The predicted octanol–water partition coefficient (Wildman–Crippen LogP) is 14.2. The van der Waals surface area contributed by atoms with Gasteiger partial charge >= 0.3 is 0 Å². The van der Waals surface area contributed by atoms with Gasteiger partial charge in [0.25, 0.3) is 11.1 Å². The zero-order valence-corrected chi connectivity index (χ0v) is 46.8. The van der Waals surface area contributed by atoms with Crippen molar-refractivity contribution in [2.24, 2.45) is 9.98 Å². The van der Waals surface area contributed by atoms with E-state index in [9.17, 15) is 23.9 Å². The molecule has 2 aliphatic heterocycles. The van der Waals surface area contributed by atoms with E-state index in [0.29, 0.717) is 25.7 Å². The van der Waals surface area contributed by atoms with Crippen LogP contribution in [0, 0.1) is 0 Å². The highest BCUT2D eigenvalue weighted by Crippen LogP contribution is 2.24. The molecule has 2 unspecified atom stereocenters. The first kappa shape index (κ1) is 67.3. The van der Waals surface area contributed by atoms with Crippen LogP contribution < -0.4 is 20.4 Å². The summed E-state index contributed by atoms with van der Waals surface area (Å²) in [4.78, 5) is 51.4. The van der Waals surface area contributed by atoms with Crippen LogP contribution in [-0.4, -0.2) is 69.0 Å². The average molecular weight is 1030 g/mol. The molecule has 0 spiro atoms. The van der Waals surface area contributed by atoms with Crippen LogP contribution in [0.3, 0.4) is 0 Å². The van der Waals surface area contributed by atoms with Gasteiger partial charge in [-0.25, -0.2) is 0 Å². The second kappa shape index (κ2) is 51.2. The molecule has 0 saturated heterocycles. The fourth-order valence-corrected chi connectivity index (χ4v) is 9.39. The number of phosphoric acid groups is 1. The molecule has 0 saturated carbocycles. The van der Waals surface area contributed by atoms with E-state index in [0.717, 1.165) is 37.3 Å². The second-order valence-corrected chi connectivity index (χ2v) is 21.0. The Morgan fingerprint density at radius 1 is 0.522 bits per heavy atom. The van der Waals surface area contributed by atoms with E-state index in [1.807, 2.05) is 10.8 Å². The molecule has 2 atom stereocenters. The van der Waals surface area contributed by atoms with Crippen LogP contribution in [0.1, 0.15) is 252 Å². The lowest BCUT2D eigenvalue weighted by molar-refractivity contribution is -0.341. The lowest BCUT2D eigenvalue weighted by Gasteiger charge is -2.27. The molecule has 0 radical (unpaired) electrons. The number of nitrogens with zero attached hydrogens (tertiary/aromatic N) is 2. The van der Waals surface area contributed by atoms with Crippen molar-refractivity contribution >= 4 is 54.3 Å². The Morgan fingerprint density at radius 2 is 0.797 bits per heavy atom. The number of carbonyl (C=O) groups is 2. The van der Waals surface area contributed by atoms with Gasteiger partial charge < -0.3 is 39.0 Å². The molecule has 0 aromatic carbocycles. The lowest BCUT2D eigenvalue weighted by atomic mass is 10.0. The largest absolute Gasteiger partial charge is 0.790 e. The minimum Gasteiger partial charge on any atom is -0.790 e. The first-order chi connectivity index (χ1) is 33.6. The molecule has 400 valence electrons. The van der Waals surface area contributed by atoms with Crippen LogP contribution in [0.15, 0.2) is 32.2 Å². The zero-order valence-electron chi connectivity index (χ0n) is 44.3. The molecule has 2 N–H and O–H groups in total. The van der Waals surface area contributed by atoms with Crippen molar-refractivity contribution in [3.63, 3.8) is 0 Å². The summed E-state index contributed by atoms with van der Waals surface area (Å²) < 4.78 is 24.0. The molecule has 69 heavy (non-hydrogen) atoms. The SMILES string of the molecule is CCCCCCCCCCCCCCCCCCNC(=O)CC(CC1=CS[C+]=N1)OC.CCCCCCCCCCCCCCCCCCNC(=O)CC(CC1=CS[C+]=N1)OC.CCOP(=O)([O-])[O-]. The summed E-state index contributed by atoms with van der Waals surface area (Å²) in [6, 6.07) is 0. The van der Waals surface area contributed by atoms with Gasteiger partial charge in [0.15, 0.2) is 11.4 Å². The highest BCUT2D eigenvalue weighted by Gasteiger charge is 2.23. The Kier molecular flexibility index (Phi) is 50.0. The third-order valence-corrected chi connectivity index (χ3v) is 14.0. The second-order valence-electron chi connectivity index (χ2n) is 18.6. The zero-order chi connectivity index (χ0) is 50.7. The minimum absolute atomic E-state index is 0.0759. The molecule has 2 rings (SSSR count). The van der Waals surface area contributed by atoms with Crippen molar-refractivity contribution in [1.82, 2.24) is 10.6 Å². The molecule has 0 aromatic rings. The van der Waals surface area contributed by atoms with E-state index in [2.05, 4.69) is 50.1 Å². The van der Waals surface area contributed by atoms with Crippen molar-refractivity contribution in [3.05, 3.63) is 22.2 Å². The van der Waals surface area contributed by atoms with E-state index in [-0.39, 0.29) is 30.6 Å². The Labute approximate surface area is 431 Å². The van der Waals surface area contributed by atoms with Gasteiger partial charge in [-0.2, -0.15) is 0 Å². The quantitative estimate of drug-likeness (QED) is 0.0339. The number of nitrogens with one attached hydrogen (secondary N) is 2. The Morgan fingerprint density at radius 3 is 1.00 bits per heavy atom. The molecule has 2 heterocycles. The van der Waals surface area contributed by atoms with Crippen molar-refractivity contribution in [2.45, 2.75) is 264 Å². The molecule has 12 nitrogen and oxygen atoms in total. The van der Waals surface area contributed by atoms with Gasteiger partial charge in [-0.1, -0.05) is 206 Å². The number of hydrogen-bond donors (Lipinski definition) is 2. The number of ether oxygens (including phenoxy) is 2. The predicted molar refractivity (Wildman–Crippen MR) is 291 cm³/mol. The number of aliphatic imine (C=N–C) groups is 2. The molecular weight excluding hydrogens is 928 g/mol. The first-order valence-corrected chi connectivity index (χ1v) is 30.7. The Bertz CT molecular complexity index is 1280. The van der Waals surface area contributed by atoms with Crippen LogP contribution in [-0.2, 0) is 28.2 Å². The molecule has 2 aliphatic rings. The average Bonchev–Trinajstić information content (AvgIpc) is 4.06. The van der Waals surface area contributed by atoms with Crippen LogP contribution in [0.5, 0.6) is 0 Å². The highest BCUT2D eigenvalue weighted by molar-refractivity contribution is 8.15. The Hall–Kier alpha value is -1.69. The van der Waals surface area contributed by atoms with E-state index in [4.69, 9.17) is 9.47 Å². The number of rotatable bonds is 46. The maximum Gasteiger partial charge on any atom is 0.271 e. The summed E-state index contributed by atoms with van der Waals surface area (Å²) >= 11 is 2.90. The number of unbranched alkanes of at least 4 members (excludes halogenated alkanes) is 30. The maximum atomic E-state index is 12.1. The van der Waals surface area contributed by atoms with Gasteiger partial charge in [0.05, 0.1) is 45.7 Å². The molecule has 0 aliphatic carbocycles. The third kappa shape index (κ3) is 49.7. The van der Waals surface area contributed by atoms with Gasteiger partial charge in [-0.05, 0) is 19.8 Å². The molecule has 15 heteroatoms. The maximum absolute atomic E-state index is 12.1. The van der Waals surface area contributed by atoms with Crippen LogP contribution in [0.2, 0.25) is 0 Å². The lowest BCUT2D eigenvalue weighted by Crippen LogP contribution is -2.29. The van der Waals surface area contributed by atoms with Crippen LogP contribution >= 0.6 is 31.3 Å². The summed E-state index contributed by atoms with van der Waals surface area (Å²) in [6.07, 6.45) is 45.7. The number of methoxy groups -OCH3 is 2. The van der Waals surface area contributed by atoms with E-state index < -0.39 is 7.82 Å². The summed E-state index contributed by atoms with van der Waals surface area (Å²) in [5.41, 5.74) is 7.56. The van der Waals surface area contributed by atoms with Gasteiger partial charge in [0.2, 0.25) is 11.8 Å². The number of carbonyl (C=O) groups excluding carboxylic acids is 2. The highest BCUT2D eigenvalue weighted by atomic mass is 32.2. The van der Waals surface area contributed by atoms with E-state index >= 15 is 0 Å². The normalized spacial score (nSPS) is 13.6. The molecule has 0 aromatic heterocycles. The summed E-state index contributed by atoms with van der Waals surface area (Å²) in [7, 11) is -1.35. The summed E-state index contributed by atoms with van der Waals surface area (Å²) in [5, 5.41) is 9.98. The van der Waals surface area contributed by atoms with Crippen LogP contribution in [0.25, 0.3) is 0 Å². The van der Waals surface area contributed by atoms with E-state index in [1.165, 1.54) is 223 Å². The fourth-order valence-electron chi connectivity index (χ4n) is 8.06. The van der Waals surface area contributed by atoms with Gasteiger partial charge in [0, 0.05) is 43.9 Å². The van der Waals surface area contributed by atoms with Gasteiger partial charge in [-0.15, -0.1) is 0 Å². The fraction of sp³-hybridized carbons (Fsp3) is 0.852. The topological polar surface area (TPSA) is 174 Å². The molecular formula is C54H99N4O8PS2. The number of phosphoric ester groups is 1. The smallest absolute Gasteiger partial charge is 0.271 e. The molecule has 2 amide bonds. The first-order valence-electron chi connectivity index (χ1n) is 27.4. The Balaban J connectivity index is 0.00000118. The van der Waals surface area contributed by atoms with Crippen molar-refractivity contribution < 1.29 is 37.9 Å². The molecule has 0 bridgehead atoms. The number of thioether (sulfide) groups is 2. The van der Waals surface area contributed by atoms with E-state index in [1.54, 1.807) is 14.2 Å². The summed E-state index contributed by atoms with van der Waals surface area (Å²) in [5.74, 6) is 0.152. The van der Waals surface area contributed by atoms with Gasteiger partial charge in [0.1, 0.15) is 34.3 Å². The van der Waals surface area contributed by atoms with Crippen molar-refractivity contribution in [1.29, 1.82) is 0 Å². The number of amides is 2. The van der Waals surface area contributed by atoms with Crippen molar-refractivity contribution in [2.75, 3.05) is 33.9 Å². The number of hydrogen-bond acceptors (Lipinski definition) is 12. The summed E-state index contributed by atoms with van der Waals surface area (Å²) in [6.45, 7) is 7.47. The van der Waals surface area contributed by atoms with Crippen LogP contribution in [0.4, 0.5) is 0 Å². The van der Waals surface area contributed by atoms with Crippen molar-refractivity contribution in [3.8, 4) is 0 Å². The standard InChI is InChI=1S/2C26H46N2O2S.C2H7O4P/c2*1-3-4-5-6-7-8-9-10-11-12-13-14-15-16-17-18-19-27-26(29)21-25(30-2)20-24-22-31-23-28-24;1-2-6-7(3,4)5/h2*22,25H,3-21H2,1-2H3;2H2,1H3,(H2,3,4,5). The third-order valence-electron chi connectivity index (χ3n) is 12.2.